The molecule has 0 saturated heterocycles. The topological polar surface area (TPSA) is 72.5 Å². The predicted octanol–water partition coefficient (Wildman–Crippen LogP) is 1.07. The highest BCUT2D eigenvalue weighted by molar-refractivity contribution is 5.73. The summed E-state index contributed by atoms with van der Waals surface area (Å²) in [5.74, 6) is -6.19. The second-order valence-corrected chi connectivity index (χ2v) is 3.33. The van der Waals surface area contributed by atoms with Crippen molar-refractivity contribution in [3.05, 3.63) is 29.1 Å². The van der Waals surface area contributed by atoms with Crippen LogP contribution in [0.15, 0.2) is 6.07 Å². The molecule has 0 aliphatic heterocycles. The summed E-state index contributed by atoms with van der Waals surface area (Å²) in [5.41, 5.74) is 4.82. The highest BCUT2D eigenvalue weighted by Crippen LogP contribution is 2.27. The van der Waals surface area contributed by atoms with Gasteiger partial charge in [0.25, 0.3) is 0 Å². The van der Waals surface area contributed by atoms with E-state index in [1.807, 2.05) is 0 Å². The first-order valence-electron chi connectivity index (χ1n) is 4.57. The van der Waals surface area contributed by atoms with E-state index in [9.17, 15) is 18.0 Å². The van der Waals surface area contributed by atoms with Crippen LogP contribution < -0.4 is 10.5 Å². The summed E-state index contributed by atoms with van der Waals surface area (Å²) in [4.78, 5) is 10.5. The number of benzene rings is 1. The second-order valence-electron chi connectivity index (χ2n) is 3.33. The minimum absolute atomic E-state index is 0.351. The molecule has 0 saturated carbocycles. The highest BCUT2D eigenvalue weighted by atomic mass is 19.2. The van der Waals surface area contributed by atoms with E-state index in [2.05, 4.69) is 4.74 Å². The summed E-state index contributed by atoms with van der Waals surface area (Å²) in [5, 5.41) is 8.54. The lowest BCUT2D eigenvalue weighted by atomic mass is 10.0. The van der Waals surface area contributed by atoms with E-state index in [1.54, 1.807) is 0 Å². The number of nitrogens with two attached hydrogens (primary N) is 1. The quantitative estimate of drug-likeness (QED) is 0.783. The van der Waals surface area contributed by atoms with E-state index in [1.165, 1.54) is 0 Å². The zero-order chi connectivity index (χ0) is 13.2. The van der Waals surface area contributed by atoms with Crippen molar-refractivity contribution in [1.82, 2.24) is 0 Å². The molecule has 0 heterocycles. The Morgan fingerprint density at radius 3 is 2.53 bits per heavy atom. The van der Waals surface area contributed by atoms with Crippen LogP contribution in [0.25, 0.3) is 0 Å². The van der Waals surface area contributed by atoms with Gasteiger partial charge < -0.3 is 15.6 Å². The molecule has 4 nitrogen and oxygen atoms in total. The Kier molecular flexibility index (Phi) is 3.95. The van der Waals surface area contributed by atoms with E-state index >= 15 is 0 Å². The highest BCUT2D eigenvalue weighted by Gasteiger charge is 2.22. The van der Waals surface area contributed by atoms with Gasteiger partial charge in [-0.3, -0.25) is 4.79 Å². The maximum atomic E-state index is 13.6. The number of rotatable bonds is 4. The molecule has 1 rings (SSSR count). The molecule has 3 N–H and O–H groups in total. The van der Waals surface area contributed by atoms with Crippen LogP contribution in [-0.4, -0.2) is 24.2 Å². The maximum absolute atomic E-state index is 13.6. The predicted molar refractivity (Wildman–Crippen MR) is 52.2 cm³/mol. The summed E-state index contributed by atoms with van der Waals surface area (Å²) in [6.07, 6.45) is -0.464. The van der Waals surface area contributed by atoms with Crippen molar-refractivity contribution in [3.63, 3.8) is 0 Å². The molecule has 0 amide bonds. The normalized spacial score (nSPS) is 12.3. The smallest absolute Gasteiger partial charge is 0.320 e. The largest absolute Gasteiger partial charge is 0.491 e. The minimum atomic E-state index is -1.46. The van der Waals surface area contributed by atoms with Gasteiger partial charge in [0.15, 0.2) is 17.4 Å². The fourth-order valence-electron chi connectivity index (χ4n) is 1.28. The SMILES string of the molecule is COc1c(F)c(F)cc(CC(N)C(=O)O)c1F. The van der Waals surface area contributed by atoms with Crippen molar-refractivity contribution < 1.29 is 27.8 Å². The first-order chi connectivity index (χ1) is 7.88. The number of aliphatic carboxylic acids is 1. The van der Waals surface area contributed by atoms with E-state index in [4.69, 9.17) is 10.8 Å². The Bertz CT molecular complexity index is 451. The van der Waals surface area contributed by atoms with Crippen LogP contribution >= 0.6 is 0 Å². The Hall–Kier alpha value is -1.76. The van der Waals surface area contributed by atoms with Gasteiger partial charge >= 0.3 is 5.97 Å². The molecular formula is C10H10F3NO3. The Labute approximate surface area is 94.8 Å². The van der Waals surface area contributed by atoms with Crippen molar-refractivity contribution in [1.29, 1.82) is 0 Å². The first kappa shape index (κ1) is 13.3. The molecule has 94 valence electrons. The van der Waals surface area contributed by atoms with Crippen LogP contribution in [0, 0.1) is 17.5 Å². The first-order valence-corrected chi connectivity index (χ1v) is 4.57. The molecule has 0 aromatic heterocycles. The third-order valence-corrected chi connectivity index (χ3v) is 2.15. The second kappa shape index (κ2) is 5.05. The Morgan fingerprint density at radius 2 is 2.06 bits per heavy atom. The molecule has 17 heavy (non-hydrogen) atoms. The number of carboxylic acids is 1. The van der Waals surface area contributed by atoms with Crippen molar-refractivity contribution in [2.45, 2.75) is 12.5 Å². The van der Waals surface area contributed by atoms with Gasteiger partial charge in [0.2, 0.25) is 5.82 Å². The maximum Gasteiger partial charge on any atom is 0.320 e. The summed E-state index contributed by atoms with van der Waals surface area (Å²) in [6.45, 7) is 0. The molecule has 1 aromatic rings. The zero-order valence-corrected chi connectivity index (χ0v) is 8.84. The molecule has 0 radical (unpaired) electrons. The number of methoxy groups -OCH3 is 1. The van der Waals surface area contributed by atoms with Gasteiger partial charge in [0.05, 0.1) is 7.11 Å². The lowest BCUT2D eigenvalue weighted by Gasteiger charge is -2.11. The number of carboxylic acid groups (broad SMARTS) is 1. The third-order valence-electron chi connectivity index (χ3n) is 2.15. The number of hydrogen-bond acceptors (Lipinski definition) is 3. The van der Waals surface area contributed by atoms with E-state index in [0.717, 1.165) is 7.11 Å². The van der Waals surface area contributed by atoms with E-state index in [-0.39, 0.29) is 5.56 Å². The lowest BCUT2D eigenvalue weighted by Crippen LogP contribution is -2.32. The van der Waals surface area contributed by atoms with Crippen molar-refractivity contribution >= 4 is 5.97 Å². The fourth-order valence-corrected chi connectivity index (χ4v) is 1.28. The third kappa shape index (κ3) is 2.68. The monoisotopic (exact) mass is 249 g/mol. The standard InChI is InChI=1S/C10H10F3NO3/c1-17-9-7(12)4(2-5(11)8(9)13)3-6(14)10(15)16/h2,6H,3,14H2,1H3,(H,15,16). The van der Waals surface area contributed by atoms with Crippen LogP contribution in [0.4, 0.5) is 13.2 Å². The van der Waals surface area contributed by atoms with E-state index in [0.29, 0.717) is 6.07 Å². The van der Waals surface area contributed by atoms with Crippen LogP contribution in [-0.2, 0) is 11.2 Å². The molecule has 1 aromatic carbocycles. The van der Waals surface area contributed by atoms with Gasteiger partial charge in [-0.05, 0) is 11.6 Å². The summed E-state index contributed by atoms with van der Waals surface area (Å²) >= 11 is 0. The van der Waals surface area contributed by atoms with Crippen LogP contribution in [0.3, 0.4) is 0 Å². The number of carbonyl (C=O) groups is 1. The average Bonchev–Trinajstić information content (AvgIpc) is 2.26. The molecule has 1 atom stereocenters. The number of ether oxygens (including phenoxy) is 1. The molecule has 0 bridgehead atoms. The molecular weight excluding hydrogens is 239 g/mol. The van der Waals surface area contributed by atoms with E-state index < -0.39 is 41.6 Å². The number of hydrogen-bond donors (Lipinski definition) is 2. The van der Waals surface area contributed by atoms with Crippen molar-refractivity contribution in [2.75, 3.05) is 7.11 Å². The number of halogens is 3. The van der Waals surface area contributed by atoms with Gasteiger partial charge in [0, 0.05) is 6.42 Å². The van der Waals surface area contributed by atoms with Crippen molar-refractivity contribution in [2.24, 2.45) is 5.73 Å². The van der Waals surface area contributed by atoms with Crippen molar-refractivity contribution in [3.8, 4) is 5.75 Å². The van der Waals surface area contributed by atoms with Crippen LogP contribution in [0.5, 0.6) is 5.75 Å². The van der Waals surface area contributed by atoms with Gasteiger partial charge in [-0.2, -0.15) is 4.39 Å². The Balaban J connectivity index is 3.17. The Morgan fingerprint density at radius 1 is 1.47 bits per heavy atom. The van der Waals surface area contributed by atoms with Gasteiger partial charge in [0.1, 0.15) is 6.04 Å². The van der Waals surface area contributed by atoms with Gasteiger partial charge in [-0.15, -0.1) is 0 Å². The molecule has 7 heteroatoms. The molecule has 0 aliphatic carbocycles. The van der Waals surface area contributed by atoms with Gasteiger partial charge in [-0.25, -0.2) is 8.78 Å². The minimum Gasteiger partial charge on any atom is -0.491 e. The average molecular weight is 249 g/mol. The summed E-state index contributed by atoms with van der Waals surface area (Å²) in [7, 11) is 0.974. The van der Waals surface area contributed by atoms with Crippen LogP contribution in [0.2, 0.25) is 0 Å². The molecule has 1 unspecified atom stereocenters. The zero-order valence-electron chi connectivity index (χ0n) is 8.84. The lowest BCUT2D eigenvalue weighted by molar-refractivity contribution is -0.138. The molecule has 0 fully saturated rings. The molecule has 0 aliphatic rings. The summed E-state index contributed by atoms with van der Waals surface area (Å²) < 4.78 is 44.0. The molecule has 0 spiro atoms. The fraction of sp³-hybridized carbons (Fsp3) is 0.300. The van der Waals surface area contributed by atoms with Gasteiger partial charge in [-0.1, -0.05) is 0 Å². The van der Waals surface area contributed by atoms with Crippen LogP contribution in [0.1, 0.15) is 5.56 Å². The summed E-state index contributed by atoms with van der Waals surface area (Å²) in [6, 6.07) is -0.838.